The molecular formula is C9H9FO5S. The molecule has 0 fully saturated rings. The van der Waals surface area contributed by atoms with Crippen LogP contribution in [0.25, 0.3) is 0 Å². The number of carbonyl (C=O) groups is 1. The highest BCUT2D eigenvalue weighted by molar-refractivity contribution is 7.86. The van der Waals surface area contributed by atoms with Crippen molar-refractivity contribution in [3.8, 4) is 5.75 Å². The van der Waals surface area contributed by atoms with Crippen LogP contribution in [0.15, 0.2) is 17.0 Å². The van der Waals surface area contributed by atoms with Crippen LogP contribution in [0.3, 0.4) is 0 Å². The van der Waals surface area contributed by atoms with E-state index in [1.165, 1.54) is 14.0 Å². The molecule has 1 N–H and O–H groups in total. The smallest absolute Gasteiger partial charge is 0.339 e. The summed E-state index contributed by atoms with van der Waals surface area (Å²) in [6.45, 7) is 1.35. The summed E-state index contributed by atoms with van der Waals surface area (Å²) >= 11 is 0. The quantitative estimate of drug-likeness (QED) is 0.817. The first-order chi connectivity index (χ1) is 7.27. The standard InChI is InChI=1S/C9H9FO5S/c1-5-3-7(15-2)6(9(11)12)4-8(5)16(10,13)14/h3-4H,1-2H3,(H,11,12). The number of carboxylic acids is 1. The molecule has 1 aromatic carbocycles. The van der Waals surface area contributed by atoms with E-state index in [2.05, 4.69) is 0 Å². The third-order valence-corrected chi connectivity index (χ3v) is 2.96. The number of methoxy groups -OCH3 is 1. The minimum Gasteiger partial charge on any atom is -0.496 e. The molecule has 0 aliphatic rings. The molecule has 0 unspecified atom stereocenters. The molecule has 0 aromatic heterocycles. The van der Waals surface area contributed by atoms with Crippen molar-refractivity contribution < 1.29 is 26.9 Å². The Morgan fingerprint density at radius 3 is 2.38 bits per heavy atom. The first-order valence-electron chi connectivity index (χ1n) is 4.14. The van der Waals surface area contributed by atoms with Crippen molar-refractivity contribution in [2.24, 2.45) is 0 Å². The first kappa shape index (κ1) is 12.4. The third-order valence-electron chi connectivity index (χ3n) is 1.99. The predicted octanol–water partition coefficient (Wildman–Crippen LogP) is 1.36. The van der Waals surface area contributed by atoms with E-state index in [9.17, 15) is 17.1 Å². The van der Waals surface area contributed by atoms with E-state index in [1.807, 2.05) is 0 Å². The van der Waals surface area contributed by atoms with Crippen LogP contribution in [0.2, 0.25) is 0 Å². The molecule has 7 heteroatoms. The van der Waals surface area contributed by atoms with Crippen LogP contribution in [0.4, 0.5) is 3.89 Å². The molecule has 0 amide bonds. The van der Waals surface area contributed by atoms with Gasteiger partial charge in [-0.3, -0.25) is 0 Å². The van der Waals surface area contributed by atoms with Crippen molar-refractivity contribution in [3.05, 3.63) is 23.3 Å². The molecular weight excluding hydrogens is 239 g/mol. The second-order valence-corrected chi connectivity index (χ2v) is 4.38. The monoisotopic (exact) mass is 248 g/mol. The Morgan fingerprint density at radius 2 is 2.00 bits per heavy atom. The molecule has 88 valence electrons. The molecule has 0 atom stereocenters. The Hall–Kier alpha value is -1.63. The van der Waals surface area contributed by atoms with Gasteiger partial charge in [-0.25, -0.2) is 4.79 Å². The van der Waals surface area contributed by atoms with Gasteiger partial charge in [0.1, 0.15) is 16.2 Å². The third kappa shape index (κ3) is 2.30. The largest absolute Gasteiger partial charge is 0.496 e. The molecule has 0 saturated heterocycles. The summed E-state index contributed by atoms with van der Waals surface area (Å²) in [6.07, 6.45) is 0. The van der Waals surface area contributed by atoms with Crippen molar-refractivity contribution in [1.29, 1.82) is 0 Å². The van der Waals surface area contributed by atoms with Crippen LogP contribution in [0, 0.1) is 6.92 Å². The molecule has 1 aromatic rings. The topological polar surface area (TPSA) is 80.7 Å². The summed E-state index contributed by atoms with van der Waals surface area (Å²) < 4.78 is 39.0. The maximum atomic E-state index is 12.8. The van der Waals surface area contributed by atoms with E-state index in [1.54, 1.807) is 0 Å². The van der Waals surface area contributed by atoms with Crippen LogP contribution in [0.1, 0.15) is 15.9 Å². The maximum absolute atomic E-state index is 12.8. The molecule has 0 bridgehead atoms. The average Bonchev–Trinajstić information content (AvgIpc) is 2.14. The Bertz CT molecular complexity index is 535. The van der Waals surface area contributed by atoms with Crippen LogP contribution in [-0.4, -0.2) is 26.6 Å². The second-order valence-electron chi connectivity index (χ2n) is 3.06. The van der Waals surface area contributed by atoms with Gasteiger partial charge in [-0.2, -0.15) is 8.42 Å². The summed E-state index contributed by atoms with van der Waals surface area (Å²) in [5.74, 6) is -1.40. The minimum absolute atomic E-state index is 0.0163. The van der Waals surface area contributed by atoms with Crippen molar-refractivity contribution >= 4 is 16.2 Å². The van der Waals surface area contributed by atoms with Crippen molar-refractivity contribution in [2.45, 2.75) is 11.8 Å². The molecule has 0 aliphatic carbocycles. The van der Waals surface area contributed by atoms with Crippen LogP contribution in [-0.2, 0) is 10.2 Å². The number of aromatic carboxylic acids is 1. The van der Waals surface area contributed by atoms with Crippen molar-refractivity contribution in [3.63, 3.8) is 0 Å². The second kappa shape index (κ2) is 4.09. The van der Waals surface area contributed by atoms with Crippen LogP contribution >= 0.6 is 0 Å². The van der Waals surface area contributed by atoms with E-state index >= 15 is 0 Å². The lowest BCUT2D eigenvalue weighted by Crippen LogP contribution is -2.05. The van der Waals surface area contributed by atoms with Crippen molar-refractivity contribution in [2.75, 3.05) is 7.11 Å². The number of ether oxygens (including phenoxy) is 1. The van der Waals surface area contributed by atoms with Gasteiger partial charge in [0.05, 0.1) is 7.11 Å². The number of hydrogen-bond donors (Lipinski definition) is 1. The van der Waals surface area contributed by atoms with Crippen molar-refractivity contribution in [1.82, 2.24) is 0 Å². The number of hydrogen-bond acceptors (Lipinski definition) is 4. The van der Waals surface area contributed by atoms with E-state index in [0.29, 0.717) is 0 Å². The number of benzene rings is 1. The molecule has 1 rings (SSSR count). The van der Waals surface area contributed by atoms with Crippen LogP contribution in [0.5, 0.6) is 5.75 Å². The lowest BCUT2D eigenvalue weighted by molar-refractivity contribution is 0.0693. The normalized spacial score (nSPS) is 11.2. The Morgan fingerprint density at radius 1 is 1.44 bits per heavy atom. The average molecular weight is 248 g/mol. The van der Waals surface area contributed by atoms with Gasteiger partial charge in [-0.1, -0.05) is 0 Å². The fourth-order valence-electron chi connectivity index (χ4n) is 1.26. The highest BCUT2D eigenvalue weighted by Crippen LogP contribution is 2.27. The lowest BCUT2D eigenvalue weighted by atomic mass is 10.1. The summed E-state index contributed by atoms with van der Waals surface area (Å²) in [5.41, 5.74) is -0.311. The van der Waals surface area contributed by atoms with E-state index < -0.39 is 26.7 Å². The molecule has 0 spiro atoms. The Labute approximate surface area is 91.7 Å². The molecule has 16 heavy (non-hydrogen) atoms. The Balaban J connectivity index is 3.58. The highest BCUT2D eigenvalue weighted by atomic mass is 32.3. The lowest BCUT2D eigenvalue weighted by Gasteiger charge is -2.08. The van der Waals surface area contributed by atoms with Gasteiger partial charge >= 0.3 is 16.2 Å². The fraction of sp³-hybridized carbons (Fsp3) is 0.222. The molecule has 5 nitrogen and oxygen atoms in total. The number of carboxylic acid groups (broad SMARTS) is 1. The Kier molecular flexibility index (Phi) is 3.18. The summed E-state index contributed by atoms with van der Waals surface area (Å²) in [7, 11) is -3.69. The summed E-state index contributed by atoms with van der Waals surface area (Å²) in [6, 6.07) is 1.90. The van der Waals surface area contributed by atoms with Gasteiger partial charge in [0, 0.05) is 0 Å². The van der Waals surface area contributed by atoms with Crippen LogP contribution < -0.4 is 4.74 Å². The van der Waals surface area contributed by atoms with Gasteiger partial charge in [0.25, 0.3) is 0 Å². The number of rotatable bonds is 3. The highest BCUT2D eigenvalue weighted by Gasteiger charge is 2.21. The van der Waals surface area contributed by atoms with Gasteiger partial charge in [0.15, 0.2) is 0 Å². The van der Waals surface area contributed by atoms with Gasteiger partial charge < -0.3 is 9.84 Å². The van der Waals surface area contributed by atoms with Gasteiger partial charge in [-0.15, -0.1) is 3.89 Å². The zero-order valence-corrected chi connectivity index (χ0v) is 9.34. The SMILES string of the molecule is COc1cc(C)c(S(=O)(=O)F)cc1C(=O)O. The summed E-state index contributed by atoms with van der Waals surface area (Å²) in [5, 5.41) is 8.78. The van der Waals surface area contributed by atoms with E-state index in [0.717, 1.165) is 12.1 Å². The zero-order chi connectivity index (χ0) is 12.5. The maximum Gasteiger partial charge on any atom is 0.339 e. The van der Waals surface area contributed by atoms with Gasteiger partial charge in [0.2, 0.25) is 0 Å². The molecule has 0 saturated carbocycles. The number of halogens is 1. The predicted molar refractivity (Wildman–Crippen MR) is 53.0 cm³/mol. The number of aryl methyl sites for hydroxylation is 1. The minimum atomic E-state index is -4.93. The zero-order valence-electron chi connectivity index (χ0n) is 8.52. The summed E-state index contributed by atoms with van der Waals surface area (Å²) in [4.78, 5) is 10.1. The van der Waals surface area contributed by atoms with E-state index in [-0.39, 0.29) is 11.3 Å². The molecule has 0 aliphatic heterocycles. The van der Waals surface area contributed by atoms with Gasteiger partial charge in [-0.05, 0) is 24.6 Å². The first-order valence-corrected chi connectivity index (χ1v) is 5.52. The fourth-order valence-corrected chi connectivity index (χ4v) is 1.96. The van der Waals surface area contributed by atoms with E-state index in [4.69, 9.17) is 9.84 Å². The molecule has 0 radical (unpaired) electrons. The molecule has 0 heterocycles.